The van der Waals surface area contributed by atoms with Crippen molar-refractivity contribution in [3.8, 4) is 11.3 Å². The monoisotopic (exact) mass is 267 g/mol. The molecule has 100 valence electrons. The van der Waals surface area contributed by atoms with Crippen LogP contribution in [0.1, 0.15) is 23.7 Å². The van der Waals surface area contributed by atoms with Crippen molar-refractivity contribution < 1.29 is 17.6 Å². The van der Waals surface area contributed by atoms with Gasteiger partial charge in [0.15, 0.2) is 0 Å². The summed E-state index contributed by atoms with van der Waals surface area (Å²) in [7, 11) is 0. The number of rotatable bonds is 2. The third-order valence-electron chi connectivity index (χ3n) is 3.33. The van der Waals surface area contributed by atoms with Crippen LogP contribution in [-0.4, -0.2) is 6.04 Å². The van der Waals surface area contributed by atoms with E-state index in [9.17, 15) is 13.2 Å². The van der Waals surface area contributed by atoms with Crippen LogP contribution in [0.25, 0.3) is 11.3 Å². The van der Waals surface area contributed by atoms with E-state index >= 15 is 0 Å². The van der Waals surface area contributed by atoms with Gasteiger partial charge in [0.1, 0.15) is 11.5 Å². The molecule has 0 unspecified atom stereocenters. The van der Waals surface area contributed by atoms with Crippen LogP contribution in [0.2, 0.25) is 0 Å². The van der Waals surface area contributed by atoms with Crippen molar-refractivity contribution in [3.05, 3.63) is 47.7 Å². The van der Waals surface area contributed by atoms with E-state index in [-0.39, 0.29) is 12.0 Å². The molecule has 0 bridgehead atoms. The third-order valence-corrected chi connectivity index (χ3v) is 3.33. The van der Waals surface area contributed by atoms with E-state index in [0.29, 0.717) is 11.3 Å². The number of halogens is 3. The van der Waals surface area contributed by atoms with Crippen molar-refractivity contribution in [1.29, 1.82) is 0 Å². The maximum absolute atomic E-state index is 12.4. The maximum atomic E-state index is 12.4. The lowest BCUT2D eigenvalue weighted by atomic mass is 10.1. The van der Waals surface area contributed by atoms with E-state index < -0.39 is 11.7 Å². The molecule has 1 aromatic carbocycles. The minimum Gasteiger partial charge on any atom is -0.461 e. The lowest BCUT2D eigenvalue weighted by molar-refractivity contribution is -0.137. The van der Waals surface area contributed by atoms with Crippen LogP contribution < -0.4 is 5.73 Å². The largest absolute Gasteiger partial charge is 0.461 e. The standard InChI is InChI=1S/C14H12F3NO/c15-14(16,17)9-3-1-8(2-4-9)12-5-6-13(19-12)10-7-11(10)18/h1-6,10-11H,7,18H2/t10-,11-/m0/s1. The first-order valence-corrected chi connectivity index (χ1v) is 5.98. The first kappa shape index (κ1) is 12.3. The van der Waals surface area contributed by atoms with E-state index in [1.165, 1.54) is 12.1 Å². The molecule has 2 atom stereocenters. The van der Waals surface area contributed by atoms with Crippen molar-refractivity contribution in [3.63, 3.8) is 0 Å². The Morgan fingerprint density at radius 3 is 2.21 bits per heavy atom. The van der Waals surface area contributed by atoms with E-state index in [1.54, 1.807) is 6.07 Å². The highest BCUT2D eigenvalue weighted by Gasteiger charge is 2.37. The molecule has 1 heterocycles. The summed E-state index contributed by atoms with van der Waals surface area (Å²) in [4.78, 5) is 0. The van der Waals surface area contributed by atoms with Gasteiger partial charge in [0.05, 0.1) is 5.56 Å². The molecule has 0 spiro atoms. The second-order valence-electron chi connectivity index (χ2n) is 4.78. The zero-order valence-corrected chi connectivity index (χ0v) is 9.95. The average molecular weight is 267 g/mol. The number of hydrogen-bond acceptors (Lipinski definition) is 2. The molecule has 1 aliphatic carbocycles. The van der Waals surface area contributed by atoms with Gasteiger partial charge in [-0.3, -0.25) is 0 Å². The summed E-state index contributed by atoms with van der Waals surface area (Å²) in [6.45, 7) is 0. The summed E-state index contributed by atoms with van der Waals surface area (Å²) in [5.74, 6) is 1.63. The van der Waals surface area contributed by atoms with E-state index in [1.807, 2.05) is 6.07 Å². The second-order valence-corrected chi connectivity index (χ2v) is 4.78. The summed E-state index contributed by atoms with van der Waals surface area (Å²) in [5.41, 5.74) is 5.70. The Morgan fingerprint density at radius 2 is 1.68 bits per heavy atom. The minimum atomic E-state index is -4.31. The van der Waals surface area contributed by atoms with E-state index in [4.69, 9.17) is 10.2 Å². The molecule has 2 aromatic rings. The lowest BCUT2D eigenvalue weighted by Gasteiger charge is -2.06. The molecule has 19 heavy (non-hydrogen) atoms. The molecule has 0 aliphatic heterocycles. The van der Waals surface area contributed by atoms with Gasteiger partial charge in [0.2, 0.25) is 0 Å². The Bertz CT molecular complexity index is 585. The van der Waals surface area contributed by atoms with Gasteiger partial charge in [-0.2, -0.15) is 13.2 Å². The van der Waals surface area contributed by atoms with Crippen molar-refractivity contribution >= 4 is 0 Å². The predicted molar refractivity (Wildman–Crippen MR) is 64.5 cm³/mol. The Labute approximate surface area is 108 Å². The summed E-state index contributed by atoms with van der Waals surface area (Å²) >= 11 is 0. The number of furan rings is 1. The van der Waals surface area contributed by atoms with Crippen molar-refractivity contribution in [2.24, 2.45) is 5.73 Å². The molecule has 3 rings (SSSR count). The summed E-state index contributed by atoms with van der Waals surface area (Å²) in [6.07, 6.45) is -3.41. The Morgan fingerprint density at radius 1 is 1.05 bits per heavy atom. The van der Waals surface area contributed by atoms with Gasteiger partial charge in [-0.25, -0.2) is 0 Å². The van der Waals surface area contributed by atoms with Gasteiger partial charge in [-0.15, -0.1) is 0 Å². The van der Waals surface area contributed by atoms with Gasteiger partial charge in [-0.05, 0) is 30.7 Å². The Balaban J connectivity index is 1.84. The topological polar surface area (TPSA) is 39.2 Å². The highest BCUT2D eigenvalue weighted by molar-refractivity contribution is 5.58. The first-order valence-electron chi connectivity index (χ1n) is 5.98. The average Bonchev–Trinajstić information content (AvgIpc) is 2.91. The number of alkyl halides is 3. The number of hydrogen-bond donors (Lipinski definition) is 1. The normalized spacial score (nSPS) is 22.5. The zero-order chi connectivity index (χ0) is 13.6. The molecule has 1 fully saturated rings. The van der Waals surface area contributed by atoms with Crippen molar-refractivity contribution in [2.75, 3.05) is 0 Å². The molecule has 2 N–H and O–H groups in total. The Hall–Kier alpha value is -1.75. The molecule has 1 aromatic heterocycles. The molecular weight excluding hydrogens is 255 g/mol. The molecular formula is C14H12F3NO. The minimum absolute atomic E-state index is 0.145. The van der Waals surface area contributed by atoms with Crippen LogP contribution in [0.4, 0.5) is 13.2 Å². The van der Waals surface area contributed by atoms with Crippen molar-refractivity contribution in [2.45, 2.75) is 24.6 Å². The fourth-order valence-corrected chi connectivity index (χ4v) is 2.07. The quantitative estimate of drug-likeness (QED) is 0.899. The van der Waals surface area contributed by atoms with Crippen LogP contribution >= 0.6 is 0 Å². The van der Waals surface area contributed by atoms with Crippen LogP contribution in [0.3, 0.4) is 0 Å². The van der Waals surface area contributed by atoms with E-state index in [2.05, 4.69) is 0 Å². The van der Waals surface area contributed by atoms with Gasteiger partial charge in [0, 0.05) is 17.5 Å². The highest BCUT2D eigenvalue weighted by Crippen LogP contribution is 2.41. The molecule has 1 saturated carbocycles. The number of benzene rings is 1. The zero-order valence-electron chi connectivity index (χ0n) is 9.95. The van der Waals surface area contributed by atoms with Crippen LogP contribution in [-0.2, 0) is 6.18 Å². The van der Waals surface area contributed by atoms with Crippen LogP contribution in [0.15, 0.2) is 40.8 Å². The maximum Gasteiger partial charge on any atom is 0.416 e. The van der Waals surface area contributed by atoms with Crippen LogP contribution in [0, 0.1) is 0 Å². The predicted octanol–water partition coefficient (Wildman–Crippen LogP) is 3.78. The molecule has 0 amide bonds. The van der Waals surface area contributed by atoms with Crippen molar-refractivity contribution in [1.82, 2.24) is 0 Å². The van der Waals surface area contributed by atoms with E-state index in [0.717, 1.165) is 24.3 Å². The first-order chi connectivity index (χ1) is 8.95. The molecule has 2 nitrogen and oxygen atoms in total. The van der Waals surface area contributed by atoms with Gasteiger partial charge in [0.25, 0.3) is 0 Å². The SMILES string of the molecule is N[C@H]1C[C@@H]1c1ccc(-c2ccc(C(F)(F)F)cc2)o1. The second kappa shape index (κ2) is 4.13. The van der Waals surface area contributed by atoms with Gasteiger partial charge < -0.3 is 10.2 Å². The lowest BCUT2D eigenvalue weighted by Crippen LogP contribution is -2.03. The van der Waals surface area contributed by atoms with Gasteiger partial charge in [-0.1, -0.05) is 12.1 Å². The molecule has 0 saturated heterocycles. The summed E-state index contributed by atoms with van der Waals surface area (Å²) in [5, 5.41) is 0. The number of nitrogens with two attached hydrogens (primary N) is 1. The smallest absolute Gasteiger partial charge is 0.416 e. The highest BCUT2D eigenvalue weighted by atomic mass is 19.4. The summed E-state index contributed by atoms with van der Waals surface area (Å²) < 4.78 is 43.0. The van der Waals surface area contributed by atoms with Gasteiger partial charge >= 0.3 is 6.18 Å². The molecule has 5 heteroatoms. The molecule has 0 radical (unpaired) electrons. The third kappa shape index (κ3) is 2.38. The molecule has 1 aliphatic rings. The Kier molecular flexibility index (Phi) is 2.67. The fourth-order valence-electron chi connectivity index (χ4n) is 2.07. The van der Waals surface area contributed by atoms with Crippen LogP contribution in [0.5, 0.6) is 0 Å². The fraction of sp³-hybridized carbons (Fsp3) is 0.286. The summed E-state index contributed by atoms with van der Waals surface area (Å²) in [6, 6.07) is 8.69.